The van der Waals surface area contributed by atoms with Gasteiger partial charge in [0.15, 0.2) is 17.2 Å². The third-order valence-electron chi connectivity index (χ3n) is 6.22. The Morgan fingerprint density at radius 3 is 2.59 bits per heavy atom. The van der Waals surface area contributed by atoms with Gasteiger partial charge in [-0.05, 0) is 42.7 Å². The zero-order valence-electron chi connectivity index (χ0n) is 20.1. The molecule has 192 valence electrons. The molecule has 1 aliphatic heterocycles. The number of methoxy groups -OCH3 is 1. The summed E-state index contributed by atoms with van der Waals surface area (Å²) in [5.74, 6) is 0.679. The number of thioether (sulfide) groups is 1. The molecule has 5 rings (SSSR count). The van der Waals surface area contributed by atoms with E-state index < -0.39 is 11.9 Å². The second-order valence-electron chi connectivity index (χ2n) is 8.70. The van der Waals surface area contributed by atoms with E-state index in [9.17, 15) is 14.3 Å². The van der Waals surface area contributed by atoms with Crippen LogP contribution in [-0.4, -0.2) is 56.3 Å². The molecule has 1 saturated heterocycles. The zero-order valence-corrected chi connectivity index (χ0v) is 20.9. The van der Waals surface area contributed by atoms with Crippen molar-refractivity contribution < 1.29 is 23.8 Å². The molecule has 11 heteroatoms. The summed E-state index contributed by atoms with van der Waals surface area (Å²) in [5, 5.41) is 15.7. The van der Waals surface area contributed by atoms with Gasteiger partial charge in [0.25, 0.3) is 0 Å². The molecular formula is C26H26FN5O4S. The Hall–Kier alpha value is -3.99. The lowest BCUT2D eigenvalue weighted by molar-refractivity contribution is 0.136. The highest BCUT2D eigenvalue weighted by Gasteiger charge is 2.26. The lowest BCUT2D eigenvalue weighted by atomic mass is 10.1. The molecule has 3 heterocycles. The lowest BCUT2D eigenvalue weighted by Crippen LogP contribution is -2.38. The Balaban J connectivity index is 1.50. The van der Waals surface area contributed by atoms with Gasteiger partial charge in [-0.15, -0.1) is 11.8 Å². The van der Waals surface area contributed by atoms with E-state index >= 15 is 0 Å². The minimum atomic E-state index is -0.900. The minimum absolute atomic E-state index is 0.0512. The van der Waals surface area contributed by atoms with E-state index in [0.29, 0.717) is 60.0 Å². The first-order valence-corrected chi connectivity index (χ1v) is 12.6. The number of ether oxygens (including phenoxy) is 2. The highest BCUT2D eigenvalue weighted by Crippen LogP contribution is 2.40. The summed E-state index contributed by atoms with van der Waals surface area (Å²) < 4.78 is 27.6. The van der Waals surface area contributed by atoms with Crippen molar-refractivity contribution in [3.63, 3.8) is 0 Å². The largest absolute Gasteiger partial charge is 0.497 e. The number of nitrogen functional groups attached to an aromatic ring is 1. The number of likely N-dealkylation sites (tertiary alicyclic amines) is 1. The number of fused-ring (bicyclic) bond motifs is 1. The Kier molecular flexibility index (Phi) is 7.04. The van der Waals surface area contributed by atoms with E-state index in [1.54, 1.807) is 41.9 Å². The number of carbonyl (C=O) groups is 1. The highest BCUT2D eigenvalue weighted by atomic mass is 32.2. The van der Waals surface area contributed by atoms with Crippen LogP contribution in [0, 0.1) is 5.82 Å². The molecule has 37 heavy (non-hydrogen) atoms. The van der Waals surface area contributed by atoms with Crippen LogP contribution in [0.4, 0.5) is 14.9 Å². The van der Waals surface area contributed by atoms with Crippen molar-refractivity contribution in [1.82, 2.24) is 19.7 Å². The number of hydrogen-bond acceptors (Lipinski definition) is 7. The van der Waals surface area contributed by atoms with E-state index in [-0.39, 0.29) is 11.0 Å². The Labute approximate surface area is 217 Å². The van der Waals surface area contributed by atoms with Gasteiger partial charge in [-0.1, -0.05) is 12.1 Å². The average Bonchev–Trinajstić information content (AvgIpc) is 3.24. The van der Waals surface area contributed by atoms with Crippen LogP contribution in [-0.2, 0) is 6.54 Å². The normalized spacial score (nSPS) is 14.2. The molecule has 1 amide bonds. The van der Waals surface area contributed by atoms with Gasteiger partial charge in [0.05, 0.1) is 19.0 Å². The van der Waals surface area contributed by atoms with Gasteiger partial charge in [0.2, 0.25) is 0 Å². The molecule has 1 aliphatic rings. The fourth-order valence-corrected chi connectivity index (χ4v) is 5.48. The van der Waals surface area contributed by atoms with Gasteiger partial charge >= 0.3 is 6.09 Å². The van der Waals surface area contributed by atoms with Crippen molar-refractivity contribution >= 4 is 34.6 Å². The molecule has 0 aliphatic carbocycles. The molecule has 4 aromatic rings. The van der Waals surface area contributed by atoms with Crippen LogP contribution in [0.25, 0.3) is 11.0 Å². The SMILES string of the molecule is COc1ccc(Cn2nc(SC3CCN(C(=O)O)CC3)c3c(Oc4ccc(N)cc4F)ccnc32)cc1. The van der Waals surface area contributed by atoms with E-state index in [1.807, 2.05) is 24.3 Å². The van der Waals surface area contributed by atoms with Crippen LogP contribution >= 0.6 is 11.8 Å². The Bertz CT molecular complexity index is 1420. The van der Waals surface area contributed by atoms with Crippen LogP contribution in [0.2, 0.25) is 0 Å². The molecule has 1 fully saturated rings. The number of benzene rings is 2. The number of pyridine rings is 1. The summed E-state index contributed by atoms with van der Waals surface area (Å²) in [6, 6.07) is 13.7. The number of nitrogens with zero attached hydrogens (tertiary/aromatic N) is 4. The number of nitrogens with two attached hydrogens (primary N) is 1. The van der Waals surface area contributed by atoms with Gasteiger partial charge in [0, 0.05) is 42.4 Å². The Morgan fingerprint density at radius 2 is 1.92 bits per heavy atom. The maximum atomic E-state index is 14.6. The van der Waals surface area contributed by atoms with Crippen LogP contribution in [0.15, 0.2) is 59.8 Å². The topological polar surface area (TPSA) is 116 Å². The standard InChI is InChI=1S/C26H26FN5O4S/c1-35-18-5-2-16(3-6-18)15-32-24-23(25(30-32)37-19-9-12-31(13-10-19)26(33)34)22(8-11-29-24)36-21-7-4-17(28)14-20(21)27/h2-8,11,14,19H,9-10,12-13,15,28H2,1H3,(H,33,34). The Morgan fingerprint density at radius 1 is 1.16 bits per heavy atom. The first-order valence-electron chi connectivity index (χ1n) is 11.8. The van der Waals surface area contributed by atoms with Crippen LogP contribution in [0.3, 0.4) is 0 Å². The summed E-state index contributed by atoms with van der Waals surface area (Å²) in [6.45, 7) is 1.40. The minimum Gasteiger partial charge on any atom is -0.497 e. The summed E-state index contributed by atoms with van der Waals surface area (Å²) in [5.41, 5.74) is 7.61. The molecule has 0 radical (unpaired) electrons. The maximum Gasteiger partial charge on any atom is 0.407 e. The third-order valence-corrected chi connectivity index (χ3v) is 7.53. The zero-order chi connectivity index (χ0) is 25.9. The van der Waals surface area contributed by atoms with Crippen molar-refractivity contribution in [1.29, 1.82) is 0 Å². The summed E-state index contributed by atoms with van der Waals surface area (Å²) >= 11 is 1.57. The number of halogens is 1. The maximum absolute atomic E-state index is 14.6. The molecule has 3 N–H and O–H groups in total. The van der Waals surface area contributed by atoms with Crippen LogP contribution in [0.1, 0.15) is 18.4 Å². The molecule has 0 bridgehead atoms. The van der Waals surface area contributed by atoms with Crippen LogP contribution in [0.5, 0.6) is 17.2 Å². The number of hydrogen-bond donors (Lipinski definition) is 2. The number of piperidine rings is 1. The molecule has 2 aromatic carbocycles. The van der Waals surface area contributed by atoms with Crippen molar-refractivity contribution in [3.8, 4) is 17.2 Å². The van der Waals surface area contributed by atoms with Crippen molar-refractivity contribution in [2.75, 3.05) is 25.9 Å². The van der Waals surface area contributed by atoms with Crippen molar-refractivity contribution in [2.24, 2.45) is 0 Å². The second-order valence-corrected chi connectivity index (χ2v) is 9.99. The number of anilines is 1. The van der Waals surface area contributed by atoms with E-state index in [1.165, 1.54) is 17.0 Å². The van der Waals surface area contributed by atoms with Gasteiger partial charge in [-0.2, -0.15) is 5.10 Å². The summed E-state index contributed by atoms with van der Waals surface area (Å²) in [4.78, 5) is 17.3. The number of carboxylic acid groups (broad SMARTS) is 1. The monoisotopic (exact) mass is 523 g/mol. The molecule has 2 aromatic heterocycles. The predicted molar refractivity (Wildman–Crippen MR) is 139 cm³/mol. The van der Waals surface area contributed by atoms with Gasteiger partial charge in [-0.25, -0.2) is 18.9 Å². The van der Waals surface area contributed by atoms with Crippen molar-refractivity contribution in [3.05, 3.63) is 66.1 Å². The first-order chi connectivity index (χ1) is 17.9. The van der Waals surface area contributed by atoms with Gasteiger partial charge in [-0.3, -0.25) is 0 Å². The third kappa shape index (κ3) is 5.41. The van der Waals surface area contributed by atoms with E-state index in [2.05, 4.69) is 4.98 Å². The first kappa shape index (κ1) is 24.7. The molecular weight excluding hydrogens is 497 g/mol. The smallest absolute Gasteiger partial charge is 0.407 e. The molecule has 0 saturated carbocycles. The summed E-state index contributed by atoms with van der Waals surface area (Å²) in [6.07, 6.45) is 2.11. The van der Waals surface area contributed by atoms with Gasteiger partial charge < -0.3 is 25.2 Å². The lowest BCUT2D eigenvalue weighted by Gasteiger charge is -2.29. The fraction of sp³-hybridized carbons (Fsp3) is 0.269. The molecule has 0 spiro atoms. The number of amides is 1. The predicted octanol–water partition coefficient (Wildman–Crippen LogP) is 5.24. The van der Waals surface area contributed by atoms with E-state index in [4.69, 9.17) is 20.3 Å². The van der Waals surface area contributed by atoms with Crippen LogP contribution < -0.4 is 15.2 Å². The average molecular weight is 524 g/mol. The molecule has 0 atom stereocenters. The van der Waals surface area contributed by atoms with Gasteiger partial charge in [0.1, 0.15) is 16.5 Å². The number of rotatable bonds is 7. The quantitative estimate of drug-likeness (QED) is 0.316. The van der Waals surface area contributed by atoms with E-state index in [0.717, 1.165) is 11.3 Å². The highest BCUT2D eigenvalue weighted by molar-refractivity contribution is 8.00. The summed E-state index contributed by atoms with van der Waals surface area (Å²) in [7, 11) is 1.62. The molecule has 0 unspecified atom stereocenters. The number of aromatic nitrogens is 3. The molecule has 9 nitrogen and oxygen atoms in total. The van der Waals surface area contributed by atoms with Crippen molar-refractivity contribution in [2.45, 2.75) is 29.7 Å². The second kappa shape index (κ2) is 10.6. The fourth-order valence-electron chi connectivity index (χ4n) is 4.26.